The van der Waals surface area contributed by atoms with Crippen molar-refractivity contribution in [3.05, 3.63) is 60.2 Å². The van der Waals surface area contributed by atoms with Crippen molar-refractivity contribution in [2.45, 2.75) is 12.5 Å². The Labute approximate surface area is 182 Å². The average Bonchev–Trinajstić information content (AvgIpc) is 3.30. The number of pyridine rings is 1. The second kappa shape index (κ2) is 8.66. The lowest BCUT2D eigenvalue weighted by Gasteiger charge is -2.22. The third kappa shape index (κ3) is 4.32. The summed E-state index contributed by atoms with van der Waals surface area (Å²) in [6.45, 7) is 1.83. The topological polar surface area (TPSA) is 72.6 Å². The molecule has 0 spiro atoms. The molecule has 6 heteroatoms. The maximum Gasteiger partial charge on any atom is 0.129 e. The second-order valence-electron chi connectivity index (χ2n) is 8.02. The summed E-state index contributed by atoms with van der Waals surface area (Å²) in [4.78, 5) is 9.45. The first-order valence-corrected chi connectivity index (χ1v) is 10.3. The highest BCUT2D eigenvalue weighted by Gasteiger charge is 2.26. The number of rotatable bonds is 5. The van der Waals surface area contributed by atoms with Crippen LogP contribution in [0.1, 0.15) is 12.0 Å². The molecule has 0 bridgehead atoms. The van der Waals surface area contributed by atoms with Gasteiger partial charge >= 0.3 is 0 Å². The number of likely N-dealkylation sites (N-methyl/N-ethyl adjacent to an activating group) is 1. The lowest BCUT2D eigenvalue weighted by molar-refractivity contribution is 0.315. The summed E-state index contributed by atoms with van der Waals surface area (Å²) in [7, 11) is 5.82. The van der Waals surface area contributed by atoms with Crippen molar-refractivity contribution in [3.63, 3.8) is 0 Å². The number of hydrogen-bond acceptors (Lipinski definition) is 6. The highest BCUT2D eigenvalue weighted by molar-refractivity contribution is 5.77. The second-order valence-corrected chi connectivity index (χ2v) is 8.02. The molecule has 2 aromatic carbocycles. The van der Waals surface area contributed by atoms with Crippen LogP contribution < -0.4 is 9.64 Å². The van der Waals surface area contributed by atoms with Crippen LogP contribution in [-0.2, 0) is 0 Å². The molecule has 0 aliphatic carbocycles. The van der Waals surface area contributed by atoms with Gasteiger partial charge in [0.05, 0.1) is 24.4 Å². The summed E-state index contributed by atoms with van der Waals surface area (Å²) in [5.41, 5.74) is 3.91. The molecule has 0 amide bonds. The minimum atomic E-state index is 0.156. The molecule has 3 aromatic rings. The molecule has 1 N–H and O–H groups in total. The Morgan fingerprint density at radius 1 is 1.10 bits per heavy atom. The Bertz CT molecular complexity index is 1120. The van der Waals surface area contributed by atoms with Crippen LogP contribution in [0, 0.1) is 11.3 Å². The first-order valence-electron chi connectivity index (χ1n) is 10.3. The Balaban J connectivity index is 1.82. The normalized spacial score (nSPS) is 15.8. The van der Waals surface area contributed by atoms with Gasteiger partial charge in [0.1, 0.15) is 17.3 Å². The van der Waals surface area contributed by atoms with E-state index in [1.54, 1.807) is 25.3 Å². The fourth-order valence-corrected chi connectivity index (χ4v) is 3.94. The molecule has 0 saturated carbocycles. The molecule has 31 heavy (non-hydrogen) atoms. The molecule has 1 aliphatic rings. The minimum Gasteiger partial charge on any atom is -0.507 e. The van der Waals surface area contributed by atoms with E-state index in [0.717, 1.165) is 36.5 Å². The summed E-state index contributed by atoms with van der Waals surface area (Å²) < 4.78 is 5.36. The number of phenolic OH excluding ortho intramolecular Hbond substituents is 1. The van der Waals surface area contributed by atoms with Crippen molar-refractivity contribution in [2.75, 3.05) is 39.2 Å². The molecular formula is C25H26N4O2. The highest BCUT2D eigenvalue weighted by Crippen LogP contribution is 2.36. The van der Waals surface area contributed by atoms with Crippen LogP contribution in [0.3, 0.4) is 0 Å². The largest absolute Gasteiger partial charge is 0.507 e. The van der Waals surface area contributed by atoms with Crippen LogP contribution in [0.5, 0.6) is 11.5 Å². The van der Waals surface area contributed by atoms with Crippen LogP contribution in [0.2, 0.25) is 0 Å². The lowest BCUT2D eigenvalue weighted by Crippen LogP contribution is -2.31. The highest BCUT2D eigenvalue weighted by atomic mass is 16.5. The van der Waals surface area contributed by atoms with Gasteiger partial charge < -0.3 is 19.6 Å². The number of benzene rings is 2. The molecule has 158 valence electrons. The number of anilines is 1. The third-order valence-corrected chi connectivity index (χ3v) is 5.86. The van der Waals surface area contributed by atoms with Crippen LogP contribution in [0.25, 0.3) is 22.4 Å². The van der Waals surface area contributed by atoms with Crippen molar-refractivity contribution in [1.82, 2.24) is 9.88 Å². The first-order chi connectivity index (χ1) is 15.0. The predicted octanol–water partition coefficient (Wildman–Crippen LogP) is 4.14. The number of phenols is 1. The van der Waals surface area contributed by atoms with E-state index in [4.69, 9.17) is 15.0 Å². The first kappa shape index (κ1) is 20.7. The number of ether oxygens (including phenoxy) is 1. The molecule has 1 fully saturated rings. The van der Waals surface area contributed by atoms with E-state index < -0.39 is 0 Å². The van der Waals surface area contributed by atoms with Crippen LogP contribution in [0.4, 0.5) is 5.82 Å². The maximum atomic E-state index is 10.5. The van der Waals surface area contributed by atoms with Crippen LogP contribution >= 0.6 is 0 Å². The molecular weight excluding hydrogens is 388 g/mol. The number of nitriles is 1. The summed E-state index contributed by atoms with van der Waals surface area (Å²) in [6.07, 6.45) is 1.08. The number of nitrogens with zero attached hydrogens (tertiary/aromatic N) is 4. The Morgan fingerprint density at radius 2 is 1.87 bits per heavy atom. The zero-order chi connectivity index (χ0) is 22.0. The van der Waals surface area contributed by atoms with Gasteiger partial charge in [-0.25, -0.2) is 4.98 Å². The van der Waals surface area contributed by atoms with Gasteiger partial charge in [0.2, 0.25) is 0 Å². The Morgan fingerprint density at radius 3 is 2.52 bits per heavy atom. The van der Waals surface area contributed by atoms with Crippen molar-refractivity contribution in [1.29, 1.82) is 5.26 Å². The van der Waals surface area contributed by atoms with E-state index in [0.29, 0.717) is 28.6 Å². The number of aromatic nitrogens is 1. The lowest BCUT2D eigenvalue weighted by atomic mass is 10.0. The summed E-state index contributed by atoms with van der Waals surface area (Å²) >= 11 is 0. The monoisotopic (exact) mass is 414 g/mol. The van der Waals surface area contributed by atoms with Gasteiger partial charge in [-0.3, -0.25) is 0 Å². The summed E-state index contributed by atoms with van der Waals surface area (Å²) in [6, 6.07) is 19.4. The van der Waals surface area contributed by atoms with E-state index >= 15 is 0 Å². The summed E-state index contributed by atoms with van der Waals surface area (Å²) in [5.74, 6) is 1.70. The minimum absolute atomic E-state index is 0.156. The zero-order valence-electron chi connectivity index (χ0n) is 18.0. The number of aromatic hydroxyl groups is 1. The molecule has 1 aromatic heterocycles. The molecule has 1 atom stereocenters. The number of methoxy groups -OCH3 is 1. The van der Waals surface area contributed by atoms with Crippen LogP contribution in [0.15, 0.2) is 54.6 Å². The third-order valence-electron chi connectivity index (χ3n) is 5.86. The molecule has 1 saturated heterocycles. The maximum absolute atomic E-state index is 10.5. The molecule has 0 radical (unpaired) electrons. The van der Waals surface area contributed by atoms with Gasteiger partial charge in [-0.15, -0.1) is 0 Å². The predicted molar refractivity (Wildman–Crippen MR) is 122 cm³/mol. The van der Waals surface area contributed by atoms with Gasteiger partial charge in [0.15, 0.2) is 0 Å². The Kier molecular flexibility index (Phi) is 5.79. The van der Waals surface area contributed by atoms with Crippen molar-refractivity contribution in [2.24, 2.45) is 0 Å². The fourth-order valence-electron chi connectivity index (χ4n) is 3.94. The van der Waals surface area contributed by atoms with Crippen LogP contribution in [-0.4, -0.2) is 55.3 Å². The van der Waals surface area contributed by atoms with Gasteiger partial charge in [-0.1, -0.05) is 12.1 Å². The average molecular weight is 415 g/mol. The summed E-state index contributed by atoms with van der Waals surface area (Å²) in [5, 5.41) is 19.7. The van der Waals surface area contributed by atoms with Gasteiger partial charge in [-0.2, -0.15) is 5.26 Å². The van der Waals surface area contributed by atoms with Gasteiger partial charge in [0.25, 0.3) is 0 Å². The smallest absolute Gasteiger partial charge is 0.129 e. The van der Waals surface area contributed by atoms with E-state index in [-0.39, 0.29) is 5.75 Å². The molecule has 4 rings (SSSR count). The molecule has 1 aliphatic heterocycles. The Hall–Kier alpha value is -3.56. The quantitative estimate of drug-likeness (QED) is 0.676. The SMILES string of the molecule is COc1ccc(O)c(-c2cc(-c3ccc(C#N)cc3)cc(N3CCC(N(C)C)C3)n2)c1. The van der Waals surface area contributed by atoms with Crippen molar-refractivity contribution >= 4 is 5.82 Å². The van der Waals surface area contributed by atoms with Crippen molar-refractivity contribution in [3.8, 4) is 40.0 Å². The van der Waals surface area contributed by atoms with Gasteiger partial charge in [-0.05, 0) is 74.1 Å². The van der Waals surface area contributed by atoms with E-state index in [2.05, 4.69) is 36.0 Å². The number of hydrogen-bond donors (Lipinski definition) is 1. The zero-order valence-corrected chi connectivity index (χ0v) is 18.0. The van der Waals surface area contributed by atoms with Gasteiger partial charge in [0, 0.05) is 24.7 Å². The molecule has 2 heterocycles. The fraction of sp³-hybridized carbons (Fsp3) is 0.280. The van der Waals surface area contributed by atoms with E-state index in [9.17, 15) is 5.11 Å². The van der Waals surface area contributed by atoms with Crippen molar-refractivity contribution < 1.29 is 9.84 Å². The molecule has 6 nitrogen and oxygen atoms in total. The van der Waals surface area contributed by atoms with E-state index in [1.807, 2.05) is 30.3 Å². The standard InChI is InChI=1S/C25H26N4O2/c1-28(2)20-10-11-29(16-20)25-13-19(18-6-4-17(15-26)5-7-18)12-23(27-25)22-14-21(31-3)8-9-24(22)30/h4-9,12-14,20,30H,10-11,16H2,1-3H3. The molecule has 1 unspecified atom stereocenters. The van der Waals surface area contributed by atoms with E-state index in [1.165, 1.54) is 0 Å².